The van der Waals surface area contributed by atoms with E-state index in [1.807, 2.05) is 43.7 Å². The molecule has 0 aliphatic heterocycles. The maximum Gasteiger partial charge on any atom is 0.254 e. The molecule has 6 heteroatoms. The van der Waals surface area contributed by atoms with Gasteiger partial charge in [-0.3, -0.25) is 4.79 Å². The molecule has 2 aromatic heterocycles. The molecule has 23 heavy (non-hydrogen) atoms. The lowest BCUT2D eigenvalue weighted by atomic mass is 10.2. The first-order valence-corrected chi connectivity index (χ1v) is 7.59. The van der Waals surface area contributed by atoms with Crippen molar-refractivity contribution in [3.8, 4) is 0 Å². The van der Waals surface area contributed by atoms with E-state index in [4.69, 9.17) is 0 Å². The van der Waals surface area contributed by atoms with Crippen molar-refractivity contribution in [1.29, 1.82) is 0 Å². The molecule has 0 saturated heterocycles. The summed E-state index contributed by atoms with van der Waals surface area (Å²) in [6, 6.07) is 6.02. The highest BCUT2D eigenvalue weighted by Gasteiger charge is 2.08. The third kappa shape index (κ3) is 3.06. The zero-order chi connectivity index (χ0) is 16.4. The van der Waals surface area contributed by atoms with Crippen molar-refractivity contribution in [2.45, 2.75) is 26.8 Å². The molecule has 3 rings (SSSR count). The highest BCUT2D eigenvalue weighted by molar-refractivity contribution is 5.93. The summed E-state index contributed by atoms with van der Waals surface area (Å²) in [6.07, 6.45) is 3.88. The van der Waals surface area contributed by atoms with Crippen molar-refractivity contribution in [3.05, 3.63) is 53.4 Å². The number of benzene rings is 1. The second-order valence-corrected chi connectivity index (χ2v) is 5.47. The minimum atomic E-state index is -0.176. The fraction of sp³-hybridized carbons (Fsp3) is 0.294. The minimum Gasteiger partial charge on any atom is -0.348 e. The van der Waals surface area contributed by atoms with Gasteiger partial charge in [-0.1, -0.05) is 13.0 Å². The van der Waals surface area contributed by atoms with Crippen LogP contribution in [0.1, 0.15) is 34.5 Å². The molecule has 1 N–H and O–H groups in total. The summed E-state index contributed by atoms with van der Waals surface area (Å²) in [4.78, 5) is 24.9. The maximum atomic E-state index is 12.1. The Morgan fingerprint density at radius 3 is 2.70 bits per heavy atom. The summed E-state index contributed by atoms with van der Waals surface area (Å²) in [5.74, 6) is 1.52. The topological polar surface area (TPSA) is 72.7 Å². The highest BCUT2D eigenvalue weighted by Crippen LogP contribution is 2.16. The van der Waals surface area contributed by atoms with Crippen LogP contribution in [0, 0.1) is 6.92 Å². The van der Waals surface area contributed by atoms with Crippen LogP contribution in [0.4, 0.5) is 0 Å². The zero-order valence-corrected chi connectivity index (χ0v) is 13.5. The van der Waals surface area contributed by atoms with Gasteiger partial charge in [-0.05, 0) is 24.6 Å². The summed E-state index contributed by atoms with van der Waals surface area (Å²) in [5, 5.41) is 2.89. The van der Waals surface area contributed by atoms with Crippen molar-refractivity contribution in [2.24, 2.45) is 7.05 Å². The van der Waals surface area contributed by atoms with Crippen molar-refractivity contribution in [1.82, 2.24) is 24.8 Å². The van der Waals surface area contributed by atoms with Crippen LogP contribution in [-0.4, -0.2) is 25.4 Å². The lowest BCUT2D eigenvalue weighted by molar-refractivity contribution is 0.0950. The lowest BCUT2D eigenvalue weighted by Gasteiger charge is -2.06. The van der Waals surface area contributed by atoms with Gasteiger partial charge in [0.2, 0.25) is 0 Å². The SMILES string of the molecule is CCc1ncc(C(=O)NCc2ccc3c(c2)nc(C)n3C)cn1. The number of rotatable bonds is 4. The Labute approximate surface area is 134 Å². The Morgan fingerprint density at radius 1 is 1.26 bits per heavy atom. The Hall–Kier alpha value is -2.76. The molecular formula is C17H19N5O. The number of nitrogens with one attached hydrogen (secondary N) is 1. The van der Waals surface area contributed by atoms with E-state index in [1.54, 1.807) is 12.4 Å². The number of amides is 1. The second kappa shape index (κ2) is 6.16. The van der Waals surface area contributed by atoms with Crippen LogP contribution in [0.5, 0.6) is 0 Å². The first kappa shape index (κ1) is 15.1. The van der Waals surface area contributed by atoms with Gasteiger partial charge in [-0.15, -0.1) is 0 Å². The van der Waals surface area contributed by atoms with E-state index in [-0.39, 0.29) is 5.91 Å². The molecule has 0 spiro atoms. The van der Waals surface area contributed by atoms with Crippen molar-refractivity contribution in [2.75, 3.05) is 0 Å². The van der Waals surface area contributed by atoms with E-state index in [2.05, 4.69) is 20.3 Å². The summed E-state index contributed by atoms with van der Waals surface area (Å²) >= 11 is 0. The summed E-state index contributed by atoms with van der Waals surface area (Å²) < 4.78 is 2.05. The third-order valence-electron chi connectivity index (χ3n) is 3.91. The molecule has 1 amide bonds. The first-order valence-electron chi connectivity index (χ1n) is 7.59. The van der Waals surface area contributed by atoms with Crippen LogP contribution in [0.25, 0.3) is 11.0 Å². The molecular weight excluding hydrogens is 290 g/mol. The average Bonchev–Trinajstić information content (AvgIpc) is 2.86. The molecule has 0 atom stereocenters. The van der Waals surface area contributed by atoms with Gasteiger partial charge in [0, 0.05) is 32.4 Å². The fourth-order valence-corrected chi connectivity index (χ4v) is 2.41. The monoisotopic (exact) mass is 309 g/mol. The lowest BCUT2D eigenvalue weighted by Crippen LogP contribution is -2.23. The molecule has 0 aliphatic rings. The third-order valence-corrected chi connectivity index (χ3v) is 3.91. The molecule has 0 fully saturated rings. The molecule has 2 heterocycles. The van der Waals surface area contributed by atoms with Gasteiger partial charge in [0.15, 0.2) is 0 Å². The summed E-state index contributed by atoms with van der Waals surface area (Å²) in [5.41, 5.74) is 3.50. The van der Waals surface area contributed by atoms with Gasteiger partial charge < -0.3 is 9.88 Å². The van der Waals surface area contributed by atoms with Gasteiger partial charge in [0.25, 0.3) is 5.91 Å². The van der Waals surface area contributed by atoms with E-state index < -0.39 is 0 Å². The Morgan fingerprint density at radius 2 is 2.00 bits per heavy atom. The number of fused-ring (bicyclic) bond motifs is 1. The number of carbonyl (C=O) groups excluding carboxylic acids is 1. The summed E-state index contributed by atoms with van der Waals surface area (Å²) in [6.45, 7) is 4.39. The van der Waals surface area contributed by atoms with Gasteiger partial charge in [0.1, 0.15) is 11.6 Å². The molecule has 3 aromatic rings. The Bertz CT molecular complexity index is 851. The predicted molar refractivity (Wildman–Crippen MR) is 88.0 cm³/mol. The number of nitrogens with zero attached hydrogens (tertiary/aromatic N) is 4. The number of carbonyl (C=O) groups is 1. The molecule has 0 aliphatic carbocycles. The molecule has 6 nitrogen and oxygen atoms in total. The first-order chi connectivity index (χ1) is 11.1. The van der Waals surface area contributed by atoms with E-state index in [1.165, 1.54) is 0 Å². The zero-order valence-electron chi connectivity index (χ0n) is 13.5. The van der Waals surface area contributed by atoms with Gasteiger partial charge in [0.05, 0.1) is 16.6 Å². The quantitative estimate of drug-likeness (QED) is 0.801. The fourth-order valence-electron chi connectivity index (χ4n) is 2.41. The number of imidazole rings is 1. The molecule has 0 unspecified atom stereocenters. The van der Waals surface area contributed by atoms with Crippen LogP contribution in [0.15, 0.2) is 30.6 Å². The normalized spacial score (nSPS) is 10.9. The van der Waals surface area contributed by atoms with Crippen LogP contribution >= 0.6 is 0 Å². The second-order valence-electron chi connectivity index (χ2n) is 5.47. The van der Waals surface area contributed by atoms with Gasteiger partial charge in [-0.2, -0.15) is 0 Å². The van der Waals surface area contributed by atoms with Gasteiger partial charge >= 0.3 is 0 Å². The predicted octanol–water partition coefficient (Wildman–Crippen LogP) is 2.16. The van der Waals surface area contributed by atoms with Crippen molar-refractivity contribution >= 4 is 16.9 Å². The smallest absolute Gasteiger partial charge is 0.254 e. The Balaban J connectivity index is 1.70. The number of aromatic nitrogens is 4. The minimum absolute atomic E-state index is 0.176. The molecule has 118 valence electrons. The highest BCUT2D eigenvalue weighted by atomic mass is 16.1. The summed E-state index contributed by atoms with van der Waals surface area (Å²) in [7, 11) is 1.99. The van der Waals surface area contributed by atoms with Crippen molar-refractivity contribution in [3.63, 3.8) is 0 Å². The van der Waals surface area contributed by atoms with Crippen molar-refractivity contribution < 1.29 is 4.79 Å². The Kier molecular flexibility index (Phi) is 4.06. The van der Waals surface area contributed by atoms with Gasteiger partial charge in [-0.25, -0.2) is 15.0 Å². The number of hydrogen-bond acceptors (Lipinski definition) is 4. The van der Waals surface area contributed by atoms with Crippen LogP contribution < -0.4 is 5.32 Å². The van der Waals surface area contributed by atoms with Crippen LogP contribution in [0.2, 0.25) is 0 Å². The maximum absolute atomic E-state index is 12.1. The number of aryl methyl sites for hydroxylation is 3. The number of hydrogen-bond donors (Lipinski definition) is 1. The largest absolute Gasteiger partial charge is 0.348 e. The molecule has 0 saturated carbocycles. The molecule has 1 aromatic carbocycles. The van der Waals surface area contributed by atoms with E-state index >= 15 is 0 Å². The van der Waals surface area contributed by atoms with Crippen LogP contribution in [0.3, 0.4) is 0 Å². The standard InChI is InChI=1S/C17H19N5O/c1-4-16-18-9-13(10-19-16)17(23)20-8-12-5-6-15-14(7-12)21-11(2)22(15)3/h5-7,9-10H,4,8H2,1-3H3,(H,20,23). The van der Waals surface area contributed by atoms with E-state index in [0.717, 1.165) is 34.7 Å². The van der Waals surface area contributed by atoms with E-state index in [9.17, 15) is 4.79 Å². The van der Waals surface area contributed by atoms with Crippen LogP contribution in [-0.2, 0) is 20.0 Å². The molecule has 0 bridgehead atoms. The average molecular weight is 309 g/mol. The van der Waals surface area contributed by atoms with E-state index in [0.29, 0.717) is 12.1 Å². The molecule has 0 radical (unpaired) electrons.